The van der Waals surface area contributed by atoms with Crippen LogP contribution in [-0.4, -0.2) is 40.6 Å². The zero-order valence-electron chi connectivity index (χ0n) is 16.1. The summed E-state index contributed by atoms with van der Waals surface area (Å²) in [5.74, 6) is 0.179. The number of halogens is 3. The normalized spacial score (nSPS) is 12.4. The number of benzene rings is 1. The molecular weight excluding hydrogens is 438 g/mol. The highest BCUT2D eigenvalue weighted by Crippen LogP contribution is 2.33. The van der Waals surface area contributed by atoms with Crippen molar-refractivity contribution in [2.45, 2.75) is 11.1 Å². The molecule has 12 heteroatoms. The molecule has 0 radical (unpaired) electrons. The first-order valence-electron chi connectivity index (χ1n) is 8.61. The molecule has 0 fully saturated rings. The van der Waals surface area contributed by atoms with Crippen LogP contribution in [0, 0.1) is 0 Å². The van der Waals surface area contributed by atoms with Crippen LogP contribution in [0.1, 0.15) is 5.56 Å². The molecule has 0 aliphatic heterocycles. The first kappa shape index (κ1) is 22.2. The van der Waals surface area contributed by atoms with Gasteiger partial charge < -0.3 is 9.88 Å². The molecule has 0 aliphatic carbocycles. The second-order valence-electron chi connectivity index (χ2n) is 6.47. The number of alkyl halides is 3. The molecule has 0 saturated carbocycles. The van der Waals surface area contributed by atoms with Crippen LogP contribution in [0.5, 0.6) is 0 Å². The third kappa shape index (κ3) is 4.63. The fourth-order valence-electron chi connectivity index (χ4n) is 2.61. The van der Waals surface area contributed by atoms with Gasteiger partial charge in [-0.15, -0.1) is 9.24 Å². The van der Waals surface area contributed by atoms with E-state index in [0.29, 0.717) is 16.9 Å². The number of nitrogens with one attached hydrogen (secondary N) is 1. The topological polar surface area (TPSA) is 80.1 Å². The number of aromatic nitrogens is 3. The maximum absolute atomic E-state index is 12.8. The Hall–Kier alpha value is -2.49. The number of nitrogens with zero attached hydrogens (tertiary/aromatic N) is 4. The minimum atomic E-state index is -4.48. The van der Waals surface area contributed by atoms with Gasteiger partial charge in [0.2, 0.25) is 10.0 Å². The largest absolute Gasteiger partial charge is 0.417 e. The third-order valence-electron chi connectivity index (χ3n) is 4.29. The summed E-state index contributed by atoms with van der Waals surface area (Å²) in [5.41, 5.74) is 0.557. The Morgan fingerprint density at radius 3 is 2.47 bits per heavy atom. The maximum Gasteiger partial charge on any atom is 0.417 e. The zero-order valence-corrected chi connectivity index (χ0v) is 18.0. The van der Waals surface area contributed by atoms with E-state index < -0.39 is 21.8 Å². The molecule has 1 aromatic carbocycles. The molecule has 0 aliphatic rings. The van der Waals surface area contributed by atoms with Crippen molar-refractivity contribution in [3.8, 4) is 11.3 Å². The molecule has 2 heterocycles. The first-order chi connectivity index (χ1) is 14.0. The predicted molar refractivity (Wildman–Crippen MR) is 111 cm³/mol. The number of anilines is 2. The lowest BCUT2D eigenvalue weighted by molar-refractivity contribution is -0.137. The molecule has 1 N–H and O–H groups in total. The number of sulfonamides is 1. The molecule has 30 heavy (non-hydrogen) atoms. The van der Waals surface area contributed by atoms with Crippen LogP contribution < -0.4 is 5.32 Å². The van der Waals surface area contributed by atoms with Crippen LogP contribution in [0.15, 0.2) is 53.9 Å². The molecule has 0 bridgehead atoms. The molecule has 7 nitrogen and oxygen atoms in total. The lowest BCUT2D eigenvalue weighted by Gasteiger charge is -2.17. The molecule has 160 valence electrons. The Labute approximate surface area is 174 Å². The molecule has 1 unspecified atom stereocenters. The van der Waals surface area contributed by atoms with E-state index in [1.807, 2.05) is 0 Å². The summed E-state index contributed by atoms with van der Waals surface area (Å²) in [7, 11) is 1.86. The standard InChI is InChI=1S/C18H19F3N5O2PS/c1-25-9-16(23-10-25)14-7-13(30(27,28)26(2)11-29)4-5-15(14)24-17-6-3-12(8-22-17)18(19,20)21/h3-10H,11,29H2,1-2H3,(H,22,24). The Morgan fingerprint density at radius 1 is 1.20 bits per heavy atom. The number of hydrogen-bond acceptors (Lipinski definition) is 5. The quantitative estimate of drug-likeness (QED) is 0.571. The van der Waals surface area contributed by atoms with E-state index in [4.69, 9.17) is 0 Å². The Morgan fingerprint density at radius 2 is 1.93 bits per heavy atom. The van der Waals surface area contributed by atoms with Gasteiger partial charge in [0, 0.05) is 44.0 Å². The third-order valence-corrected chi connectivity index (χ3v) is 6.92. The molecule has 3 aromatic rings. The molecule has 0 spiro atoms. The van der Waals surface area contributed by atoms with Crippen molar-refractivity contribution in [1.29, 1.82) is 0 Å². The van der Waals surface area contributed by atoms with Gasteiger partial charge in [-0.05, 0) is 30.3 Å². The van der Waals surface area contributed by atoms with Gasteiger partial charge in [-0.25, -0.2) is 18.4 Å². The Balaban J connectivity index is 2.04. The lowest BCUT2D eigenvalue weighted by Crippen LogP contribution is -2.25. The van der Waals surface area contributed by atoms with E-state index in [0.717, 1.165) is 12.3 Å². The van der Waals surface area contributed by atoms with E-state index in [1.54, 1.807) is 24.1 Å². The predicted octanol–water partition coefficient (Wildman–Crippen LogP) is 3.70. The van der Waals surface area contributed by atoms with E-state index in [-0.39, 0.29) is 17.0 Å². The average Bonchev–Trinajstić information content (AvgIpc) is 3.13. The highest BCUT2D eigenvalue weighted by molar-refractivity contribution is 7.89. The highest BCUT2D eigenvalue weighted by atomic mass is 32.2. The summed E-state index contributed by atoms with van der Waals surface area (Å²) in [6.45, 7) is 0. The van der Waals surface area contributed by atoms with Crippen molar-refractivity contribution >= 4 is 30.8 Å². The highest BCUT2D eigenvalue weighted by Gasteiger charge is 2.30. The van der Waals surface area contributed by atoms with E-state index in [2.05, 4.69) is 24.5 Å². The minimum absolute atomic E-state index is 0.0685. The van der Waals surface area contributed by atoms with Crippen LogP contribution >= 0.6 is 9.24 Å². The van der Waals surface area contributed by atoms with Crippen molar-refractivity contribution in [3.63, 3.8) is 0 Å². The average molecular weight is 457 g/mol. The van der Waals surface area contributed by atoms with E-state index in [9.17, 15) is 21.6 Å². The van der Waals surface area contributed by atoms with Crippen molar-refractivity contribution < 1.29 is 21.6 Å². The molecule has 0 saturated heterocycles. The zero-order chi connectivity index (χ0) is 22.1. The Bertz CT molecular complexity index is 1150. The second-order valence-corrected chi connectivity index (χ2v) is 8.88. The van der Waals surface area contributed by atoms with E-state index in [1.165, 1.54) is 35.6 Å². The van der Waals surface area contributed by atoms with Gasteiger partial charge in [-0.3, -0.25) is 0 Å². The van der Waals surface area contributed by atoms with Crippen LogP contribution in [-0.2, 0) is 23.2 Å². The van der Waals surface area contributed by atoms with Gasteiger partial charge in [0.05, 0.1) is 22.5 Å². The maximum atomic E-state index is 12.8. The fourth-order valence-corrected chi connectivity index (χ4v) is 4.26. The minimum Gasteiger partial charge on any atom is -0.340 e. The van der Waals surface area contributed by atoms with Gasteiger partial charge in [-0.2, -0.15) is 17.5 Å². The number of aryl methyl sites for hydroxylation is 1. The van der Waals surface area contributed by atoms with Crippen molar-refractivity contribution in [2.24, 2.45) is 7.05 Å². The number of hydrogen-bond donors (Lipinski definition) is 1. The summed E-state index contributed by atoms with van der Waals surface area (Å²) < 4.78 is 66.5. The van der Waals surface area contributed by atoms with Gasteiger partial charge in [-0.1, -0.05) is 0 Å². The van der Waals surface area contributed by atoms with Crippen LogP contribution in [0.3, 0.4) is 0 Å². The lowest BCUT2D eigenvalue weighted by atomic mass is 10.1. The summed E-state index contributed by atoms with van der Waals surface area (Å²) >= 11 is 0. The number of imidazole rings is 1. The van der Waals surface area contributed by atoms with E-state index >= 15 is 0 Å². The Kier molecular flexibility index (Phi) is 6.16. The van der Waals surface area contributed by atoms with Gasteiger partial charge in [0.1, 0.15) is 5.82 Å². The van der Waals surface area contributed by atoms with Crippen molar-refractivity contribution in [3.05, 3.63) is 54.6 Å². The monoisotopic (exact) mass is 457 g/mol. The van der Waals surface area contributed by atoms with Gasteiger partial charge >= 0.3 is 6.18 Å². The molecule has 3 rings (SSSR count). The molecular formula is C18H19F3N5O2PS. The number of pyridine rings is 1. The SMILES string of the molecule is CN(CP)S(=O)(=O)c1ccc(Nc2ccc(C(F)(F)F)cn2)c(-c2cn(C)cn2)c1. The second kappa shape index (κ2) is 8.33. The number of rotatable bonds is 6. The van der Waals surface area contributed by atoms with Crippen molar-refractivity contribution in [2.75, 3.05) is 18.7 Å². The summed E-state index contributed by atoms with van der Waals surface area (Å²) in [6.07, 6.45) is -0.265. The molecule has 0 amide bonds. The smallest absolute Gasteiger partial charge is 0.340 e. The molecule has 1 atom stereocenters. The summed E-state index contributed by atoms with van der Waals surface area (Å²) in [5, 5.41) is 2.94. The molecule has 2 aromatic heterocycles. The van der Waals surface area contributed by atoms with Crippen LogP contribution in [0.25, 0.3) is 11.3 Å². The summed E-state index contributed by atoms with van der Waals surface area (Å²) in [4.78, 5) is 8.14. The fraction of sp³-hybridized carbons (Fsp3) is 0.222. The summed E-state index contributed by atoms with van der Waals surface area (Å²) in [6, 6.07) is 6.55. The van der Waals surface area contributed by atoms with Crippen LogP contribution in [0.2, 0.25) is 0 Å². The van der Waals surface area contributed by atoms with Gasteiger partial charge in [0.15, 0.2) is 0 Å². The van der Waals surface area contributed by atoms with Crippen LogP contribution in [0.4, 0.5) is 24.7 Å². The van der Waals surface area contributed by atoms with Crippen molar-refractivity contribution in [1.82, 2.24) is 18.8 Å². The van der Waals surface area contributed by atoms with Gasteiger partial charge in [0.25, 0.3) is 0 Å². The first-order valence-corrected chi connectivity index (χ1v) is 10.9.